The van der Waals surface area contributed by atoms with Gasteiger partial charge < -0.3 is 0 Å². The second-order valence-electron chi connectivity index (χ2n) is 2.50. The van der Waals surface area contributed by atoms with Crippen molar-refractivity contribution in [3.05, 3.63) is 29.3 Å². The molecule has 0 amide bonds. The van der Waals surface area contributed by atoms with Gasteiger partial charge in [-0.25, -0.2) is 0 Å². The van der Waals surface area contributed by atoms with Crippen LogP contribution in [-0.4, -0.2) is 0 Å². The summed E-state index contributed by atoms with van der Waals surface area (Å²) in [5.41, 5.74) is 2.77. The van der Waals surface area contributed by atoms with Crippen molar-refractivity contribution in [2.24, 2.45) is 0 Å². The standard InChI is InChI=1S/C8H9.BrH.Zn/c1-7-4-3-5-8(2)6-7;;/h4-6H,1-2H3;1H;. The van der Waals surface area contributed by atoms with Crippen LogP contribution in [0.3, 0.4) is 0 Å². The quantitative estimate of drug-likeness (QED) is 0.619. The van der Waals surface area contributed by atoms with Gasteiger partial charge in [0.05, 0.1) is 0 Å². The van der Waals surface area contributed by atoms with E-state index in [4.69, 9.17) is 0 Å². The van der Waals surface area contributed by atoms with E-state index in [1.54, 1.807) is 0 Å². The molecule has 0 nitrogen and oxygen atoms in total. The minimum absolute atomic E-state index is 0. The van der Waals surface area contributed by atoms with Gasteiger partial charge in [-0.15, -0.1) is 17.0 Å². The fourth-order valence-electron chi connectivity index (χ4n) is 1.07. The van der Waals surface area contributed by atoms with Crippen LogP contribution in [-0.2, 0) is 18.3 Å². The molecule has 0 radical (unpaired) electrons. The molecular formula is C8H10BrZn. The van der Waals surface area contributed by atoms with Crippen LogP contribution < -0.4 is 4.16 Å². The van der Waals surface area contributed by atoms with Crippen molar-refractivity contribution in [3.63, 3.8) is 0 Å². The number of halogens is 1. The summed E-state index contributed by atoms with van der Waals surface area (Å²) < 4.78 is 1.48. The van der Waals surface area contributed by atoms with Gasteiger partial charge in [-0.1, -0.05) is 0 Å². The topological polar surface area (TPSA) is 0 Å². The molecule has 0 aliphatic carbocycles. The zero-order valence-electron chi connectivity index (χ0n) is 6.35. The summed E-state index contributed by atoms with van der Waals surface area (Å²) in [6.45, 7) is 4.29. The van der Waals surface area contributed by atoms with E-state index in [1.807, 2.05) is 0 Å². The molecule has 0 saturated carbocycles. The van der Waals surface area contributed by atoms with Crippen molar-refractivity contribution in [1.29, 1.82) is 0 Å². The molecule has 10 heavy (non-hydrogen) atoms. The monoisotopic (exact) mass is 249 g/mol. The molecule has 0 bridgehead atoms. The first-order valence-electron chi connectivity index (χ1n) is 3.09. The second-order valence-corrected chi connectivity index (χ2v) is 4.21. The molecule has 0 spiro atoms. The van der Waals surface area contributed by atoms with Crippen LogP contribution in [0.5, 0.6) is 0 Å². The third kappa shape index (κ3) is 2.94. The SMILES string of the molecule is Br.Cc1cc(C)c[c]([Zn])c1. The molecule has 0 aliphatic heterocycles. The molecule has 2 heteroatoms. The minimum atomic E-state index is 0. The molecule has 0 N–H and O–H groups in total. The Kier molecular flexibility index (Phi) is 4.39. The van der Waals surface area contributed by atoms with Crippen molar-refractivity contribution in [2.45, 2.75) is 13.8 Å². The van der Waals surface area contributed by atoms with Crippen LogP contribution in [0.4, 0.5) is 0 Å². The van der Waals surface area contributed by atoms with Crippen LogP contribution in [0.25, 0.3) is 0 Å². The first-order chi connectivity index (χ1) is 4.18. The fraction of sp³-hybridized carbons (Fsp3) is 0.250. The van der Waals surface area contributed by atoms with Crippen molar-refractivity contribution >= 4 is 21.1 Å². The van der Waals surface area contributed by atoms with Crippen LogP contribution in [0.2, 0.25) is 0 Å². The van der Waals surface area contributed by atoms with Gasteiger partial charge in [-0.05, 0) is 0 Å². The number of benzene rings is 1. The average molecular weight is 251 g/mol. The summed E-state index contributed by atoms with van der Waals surface area (Å²) in [6.07, 6.45) is 0. The van der Waals surface area contributed by atoms with E-state index in [9.17, 15) is 0 Å². The molecule has 0 atom stereocenters. The third-order valence-corrected chi connectivity index (χ3v) is 2.14. The molecule has 0 aliphatic rings. The van der Waals surface area contributed by atoms with E-state index < -0.39 is 0 Å². The zero-order chi connectivity index (χ0) is 6.85. The second kappa shape index (κ2) is 4.25. The molecule has 1 aromatic carbocycles. The van der Waals surface area contributed by atoms with Gasteiger partial charge in [-0.2, -0.15) is 0 Å². The molecule has 1 rings (SSSR count). The zero-order valence-corrected chi connectivity index (χ0v) is 11.0. The Bertz CT molecular complexity index is 170. The molecule has 0 fully saturated rings. The summed E-state index contributed by atoms with van der Waals surface area (Å²) in [5.74, 6) is 0. The number of hydrogen-bond acceptors (Lipinski definition) is 0. The Hall–Kier alpha value is 0.323. The predicted molar refractivity (Wildman–Crippen MR) is 45.9 cm³/mol. The van der Waals surface area contributed by atoms with E-state index in [1.165, 1.54) is 33.6 Å². The molecule has 0 aromatic heterocycles. The van der Waals surface area contributed by atoms with Crippen LogP contribution >= 0.6 is 17.0 Å². The van der Waals surface area contributed by atoms with Gasteiger partial charge in [-0.3, -0.25) is 0 Å². The first-order valence-corrected chi connectivity index (χ1v) is 4.57. The van der Waals surface area contributed by atoms with Crippen molar-refractivity contribution in [2.75, 3.05) is 0 Å². The van der Waals surface area contributed by atoms with Gasteiger partial charge in [0.2, 0.25) is 0 Å². The summed E-state index contributed by atoms with van der Waals surface area (Å²) in [4.78, 5) is 0. The van der Waals surface area contributed by atoms with Crippen molar-refractivity contribution in [1.82, 2.24) is 0 Å². The molecule has 0 saturated heterocycles. The van der Waals surface area contributed by atoms with E-state index in [2.05, 4.69) is 32.0 Å². The molecular weight excluding hydrogens is 241 g/mol. The van der Waals surface area contributed by atoms with Gasteiger partial charge in [0.15, 0.2) is 0 Å². The van der Waals surface area contributed by atoms with E-state index in [-0.39, 0.29) is 17.0 Å². The van der Waals surface area contributed by atoms with E-state index in [0.29, 0.717) is 0 Å². The molecule has 1 aromatic rings. The Balaban J connectivity index is 0.000000810. The Morgan fingerprint density at radius 2 is 1.40 bits per heavy atom. The Labute approximate surface area is 82.5 Å². The van der Waals surface area contributed by atoms with E-state index >= 15 is 0 Å². The van der Waals surface area contributed by atoms with Crippen LogP contribution in [0, 0.1) is 13.8 Å². The van der Waals surface area contributed by atoms with Crippen molar-refractivity contribution < 1.29 is 18.3 Å². The normalized spacial score (nSPS) is 8.80. The Morgan fingerprint density at radius 1 is 1.00 bits per heavy atom. The Morgan fingerprint density at radius 3 is 1.70 bits per heavy atom. The van der Waals surface area contributed by atoms with Gasteiger partial charge in [0.25, 0.3) is 0 Å². The fourth-order valence-corrected chi connectivity index (χ4v) is 2.42. The van der Waals surface area contributed by atoms with Crippen molar-refractivity contribution in [3.8, 4) is 0 Å². The summed E-state index contributed by atoms with van der Waals surface area (Å²) >= 11 is 1.27. The predicted octanol–water partition coefficient (Wildman–Crippen LogP) is 2.05. The van der Waals surface area contributed by atoms with Crippen LogP contribution in [0.1, 0.15) is 11.1 Å². The van der Waals surface area contributed by atoms with Gasteiger partial charge >= 0.3 is 65.6 Å². The third-order valence-electron chi connectivity index (χ3n) is 1.28. The summed E-state index contributed by atoms with van der Waals surface area (Å²) in [6, 6.07) is 6.69. The maximum atomic E-state index is 2.24. The molecule has 51 valence electrons. The van der Waals surface area contributed by atoms with Gasteiger partial charge in [0, 0.05) is 0 Å². The van der Waals surface area contributed by atoms with E-state index in [0.717, 1.165) is 0 Å². The molecule has 0 unspecified atom stereocenters. The number of hydrogen-bond donors (Lipinski definition) is 0. The summed E-state index contributed by atoms with van der Waals surface area (Å²) in [5, 5.41) is 0. The summed E-state index contributed by atoms with van der Waals surface area (Å²) in [7, 11) is 0. The number of aryl methyl sites for hydroxylation is 2. The first kappa shape index (κ1) is 10.3. The molecule has 0 heterocycles. The van der Waals surface area contributed by atoms with Crippen LogP contribution in [0.15, 0.2) is 18.2 Å². The average Bonchev–Trinajstić information content (AvgIpc) is 1.59. The number of rotatable bonds is 0. The maximum absolute atomic E-state index is 2.24. The van der Waals surface area contributed by atoms with Gasteiger partial charge in [0.1, 0.15) is 0 Å².